The van der Waals surface area contributed by atoms with Gasteiger partial charge in [-0.15, -0.1) is 0 Å². The zero-order valence-corrected chi connectivity index (χ0v) is 7.67. The summed E-state index contributed by atoms with van der Waals surface area (Å²) in [5.74, 6) is 0. The van der Waals surface area contributed by atoms with E-state index in [1.54, 1.807) is 0 Å². The van der Waals surface area contributed by atoms with Crippen molar-refractivity contribution in [1.82, 2.24) is 0 Å². The molecule has 0 heterocycles. The lowest BCUT2D eigenvalue weighted by Crippen LogP contribution is -2.40. The fourth-order valence-electron chi connectivity index (χ4n) is 0.599. The minimum absolute atomic E-state index is 0.0670. The van der Waals surface area contributed by atoms with Crippen LogP contribution < -0.4 is 11.5 Å². The van der Waals surface area contributed by atoms with Crippen LogP contribution in [0.2, 0.25) is 6.04 Å². The summed E-state index contributed by atoms with van der Waals surface area (Å²) in [5.41, 5.74) is 11.0. The van der Waals surface area contributed by atoms with Crippen LogP contribution in [0.5, 0.6) is 0 Å². The Hall–Kier alpha value is 0.0969. The summed E-state index contributed by atoms with van der Waals surface area (Å²) in [6, 6.07) is 0.837. The van der Waals surface area contributed by atoms with Gasteiger partial charge >= 0.3 is 0 Å². The van der Waals surface area contributed by atoms with Gasteiger partial charge in [0, 0.05) is 11.7 Å². The van der Waals surface area contributed by atoms with Gasteiger partial charge in [-0.1, -0.05) is 13.8 Å². The molecule has 4 heteroatoms. The molecular formula is C6H17N2OSi. The van der Waals surface area contributed by atoms with Gasteiger partial charge in [0.05, 0.1) is 0 Å². The molecule has 0 aromatic rings. The maximum Gasteiger partial charge on any atom is 0.225 e. The lowest BCUT2D eigenvalue weighted by Gasteiger charge is -2.14. The molecule has 0 aromatic carbocycles. The van der Waals surface area contributed by atoms with E-state index in [9.17, 15) is 4.80 Å². The summed E-state index contributed by atoms with van der Waals surface area (Å²) in [5, 5.41) is 0. The first kappa shape index (κ1) is 10.1. The second kappa shape index (κ2) is 4.84. The van der Waals surface area contributed by atoms with Crippen molar-refractivity contribution in [2.75, 3.05) is 0 Å². The number of nitrogens with two attached hydrogens (primary N) is 2. The molecule has 2 unspecified atom stereocenters. The molecule has 5 N–H and O–H groups in total. The normalized spacial score (nSPS) is 17.4. The summed E-state index contributed by atoms with van der Waals surface area (Å²) >= 11 is 0. The molecule has 10 heavy (non-hydrogen) atoms. The average molecular weight is 161 g/mol. The maximum absolute atomic E-state index is 9.32. The molecule has 0 saturated heterocycles. The minimum Gasteiger partial charge on any atom is -0.430 e. The van der Waals surface area contributed by atoms with Gasteiger partial charge in [-0.3, -0.25) is 0 Å². The molecule has 0 rings (SSSR count). The molecule has 0 bridgehead atoms. The van der Waals surface area contributed by atoms with E-state index in [1.165, 1.54) is 0 Å². The Morgan fingerprint density at radius 2 is 2.00 bits per heavy atom. The molecule has 0 aliphatic heterocycles. The Bertz CT molecular complexity index is 89.8. The van der Waals surface area contributed by atoms with E-state index in [-0.39, 0.29) is 11.7 Å². The zero-order valence-electron chi connectivity index (χ0n) is 6.67. The van der Waals surface area contributed by atoms with Crippen LogP contribution in [0.3, 0.4) is 0 Å². The molecule has 3 nitrogen and oxygen atoms in total. The SMILES string of the molecule is CCC(N)C[Si](O)C(C)N. The lowest BCUT2D eigenvalue weighted by molar-refractivity contribution is 0.532. The highest BCUT2D eigenvalue weighted by Gasteiger charge is 2.16. The van der Waals surface area contributed by atoms with E-state index in [0.717, 1.165) is 6.42 Å². The highest BCUT2D eigenvalue weighted by atomic mass is 28.3. The van der Waals surface area contributed by atoms with Gasteiger partial charge in [0.2, 0.25) is 9.04 Å². The van der Waals surface area contributed by atoms with Crippen LogP contribution in [0.4, 0.5) is 0 Å². The Labute approximate surface area is 64.1 Å². The first-order chi connectivity index (χ1) is 4.57. The van der Waals surface area contributed by atoms with E-state index in [1.807, 2.05) is 13.8 Å². The number of hydrogen-bond acceptors (Lipinski definition) is 3. The third-order valence-corrected chi connectivity index (χ3v) is 3.52. The topological polar surface area (TPSA) is 72.3 Å². The van der Waals surface area contributed by atoms with Gasteiger partial charge in [-0.25, -0.2) is 0 Å². The van der Waals surface area contributed by atoms with Crippen LogP contribution in [0, 0.1) is 0 Å². The first-order valence-corrected chi connectivity index (χ1v) is 5.37. The van der Waals surface area contributed by atoms with Gasteiger partial charge in [0.25, 0.3) is 0 Å². The fourth-order valence-corrected chi connectivity index (χ4v) is 1.80. The van der Waals surface area contributed by atoms with Gasteiger partial charge in [0.1, 0.15) is 0 Å². The maximum atomic E-state index is 9.32. The van der Waals surface area contributed by atoms with E-state index in [2.05, 4.69) is 0 Å². The number of hydrogen-bond donors (Lipinski definition) is 3. The van der Waals surface area contributed by atoms with Crippen LogP contribution in [-0.4, -0.2) is 25.5 Å². The van der Waals surface area contributed by atoms with E-state index < -0.39 is 9.04 Å². The molecule has 0 aliphatic rings. The predicted octanol–water partition coefficient (Wildman–Crippen LogP) is -0.406. The highest BCUT2D eigenvalue weighted by Crippen LogP contribution is 1.99. The largest absolute Gasteiger partial charge is 0.430 e. The Morgan fingerprint density at radius 3 is 2.30 bits per heavy atom. The molecule has 1 radical (unpaired) electrons. The van der Waals surface area contributed by atoms with E-state index in [0.29, 0.717) is 6.04 Å². The van der Waals surface area contributed by atoms with Gasteiger partial charge < -0.3 is 16.3 Å². The van der Waals surface area contributed by atoms with Gasteiger partial charge in [-0.2, -0.15) is 0 Å². The van der Waals surface area contributed by atoms with Crippen LogP contribution >= 0.6 is 0 Å². The smallest absolute Gasteiger partial charge is 0.225 e. The quantitative estimate of drug-likeness (QED) is 0.491. The minimum atomic E-state index is -1.37. The lowest BCUT2D eigenvalue weighted by atomic mass is 10.3. The van der Waals surface area contributed by atoms with Crippen LogP contribution in [-0.2, 0) is 0 Å². The number of rotatable bonds is 4. The summed E-state index contributed by atoms with van der Waals surface area (Å²) in [7, 11) is -1.37. The standard InChI is InChI=1S/C6H17N2OSi/c1-3-6(8)4-10(9)5(2)7/h5-6,9H,3-4,7-8H2,1-2H3. The van der Waals surface area contributed by atoms with Crippen LogP contribution in [0.15, 0.2) is 0 Å². The molecule has 0 saturated carbocycles. The van der Waals surface area contributed by atoms with Crippen LogP contribution in [0.25, 0.3) is 0 Å². The molecule has 0 aliphatic carbocycles. The summed E-state index contributed by atoms with van der Waals surface area (Å²) in [6.07, 6.45) is 0.918. The monoisotopic (exact) mass is 161 g/mol. The van der Waals surface area contributed by atoms with Crippen molar-refractivity contribution in [3.05, 3.63) is 0 Å². The van der Waals surface area contributed by atoms with Crippen molar-refractivity contribution >= 4 is 9.04 Å². The van der Waals surface area contributed by atoms with Gasteiger partial charge in [-0.05, 0) is 12.5 Å². The molecule has 0 fully saturated rings. The zero-order chi connectivity index (χ0) is 8.15. The molecule has 61 valence electrons. The van der Waals surface area contributed by atoms with Crippen molar-refractivity contribution < 1.29 is 4.80 Å². The first-order valence-electron chi connectivity index (χ1n) is 3.63. The average Bonchev–Trinajstić information content (AvgIpc) is 1.87. The molecule has 0 aromatic heterocycles. The second-order valence-corrected chi connectivity index (χ2v) is 4.95. The summed E-state index contributed by atoms with van der Waals surface area (Å²) in [4.78, 5) is 9.32. The second-order valence-electron chi connectivity index (χ2n) is 2.65. The van der Waals surface area contributed by atoms with Gasteiger partial charge in [0.15, 0.2) is 0 Å². The molecule has 2 atom stereocenters. The molecule has 0 spiro atoms. The van der Waals surface area contributed by atoms with Crippen molar-refractivity contribution in [2.45, 2.75) is 38.0 Å². The van der Waals surface area contributed by atoms with Crippen molar-refractivity contribution in [1.29, 1.82) is 0 Å². The Kier molecular flexibility index (Phi) is 4.89. The Balaban J connectivity index is 3.46. The van der Waals surface area contributed by atoms with E-state index in [4.69, 9.17) is 11.5 Å². The van der Waals surface area contributed by atoms with Crippen LogP contribution in [0.1, 0.15) is 20.3 Å². The summed E-state index contributed by atoms with van der Waals surface area (Å²) < 4.78 is 0. The highest BCUT2D eigenvalue weighted by molar-refractivity contribution is 6.52. The molecule has 0 amide bonds. The van der Waals surface area contributed by atoms with Crippen molar-refractivity contribution in [3.8, 4) is 0 Å². The summed E-state index contributed by atoms with van der Waals surface area (Å²) in [6.45, 7) is 3.84. The van der Waals surface area contributed by atoms with Crippen molar-refractivity contribution in [3.63, 3.8) is 0 Å². The molecular weight excluding hydrogens is 144 g/mol. The predicted molar refractivity (Wildman–Crippen MR) is 44.7 cm³/mol. The third kappa shape index (κ3) is 4.00. The third-order valence-electron chi connectivity index (χ3n) is 1.52. The fraction of sp³-hybridized carbons (Fsp3) is 1.00. The van der Waals surface area contributed by atoms with E-state index >= 15 is 0 Å². The Morgan fingerprint density at radius 1 is 1.50 bits per heavy atom. The van der Waals surface area contributed by atoms with Crippen molar-refractivity contribution in [2.24, 2.45) is 11.5 Å².